The van der Waals surface area contributed by atoms with Crippen molar-refractivity contribution in [2.75, 3.05) is 13.7 Å². The van der Waals surface area contributed by atoms with Gasteiger partial charge in [0.15, 0.2) is 6.29 Å². The van der Waals surface area contributed by atoms with E-state index < -0.39 is 73.9 Å². The van der Waals surface area contributed by atoms with Gasteiger partial charge in [0.05, 0.1) is 18.8 Å². The minimum Gasteiger partial charge on any atom is -0.435 e. The lowest BCUT2D eigenvalue weighted by Gasteiger charge is -2.47. The van der Waals surface area contributed by atoms with Crippen LogP contribution < -0.4 is 5.32 Å². The van der Waals surface area contributed by atoms with Gasteiger partial charge in [-0.3, -0.25) is 9.59 Å². The first-order valence-electron chi connectivity index (χ1n) is 8.75. The summed E-state index contributed by atoms with van der Waals surface area (Å²) in [6.45, 7) is 2.45. The van der Waals surface area contributed by atoms with Crippen molar-refractivity contribution >= 4 is 12.4 Å². The molecule has 12 nitrogen and oxygen atoms in total. The maximum Gasteiger partial charge on any atom is 0.295 e. The van der Waals surface area contributed by atoms with E-state index >= 15 is 0 Å². The number of carbonyl (C=O) groups excluding carboxylic acids is 2. The molecule has 0 radical (unpaired) electrons. The van der Waals surface area contributed by atoms with Crippen LogP contribution in [0.2, 0.25) is 0 Å². The van der Waals surface area contributed by atoms with Gasteiger partial charge >= 0.3 is 0 Å². The highest BCUT2D eigenvalue weighted by molar-refractivity contribution is 5.73. The monoisotopic (exact) mass is 409 g/mol. The normalized spacial score (nSPS) is 44.0. The summed E-state index contributed by atoms with van der Waals surface area (Å²) in [6, 6.07) is -0.853. The van der Waals surface area contributed by atoms with E-state index in [2.05, 4.69) is 5.32 Å². The fourth-order valence-corrected chi connectivity index (χ4v) is 3.37. The van der Waals surface area contributed by atoms with E-state index in [0.29, 0.717) is 0 Å². The number of aliphatic hydroxyl groups is 4. The summed E-state index contributed by atoms with van der Waals surface area (Å²) in [4.78, 5) is 22.2. The predicted molar refractivity (Wildman–Crippen MR) is 88.5 cm³/mol. The predicted octanol–water partition coefficient (Wildman–Crippen LogP) is -3.39. The highest BCUT2D eigenvalue weighted by Crippen LogP contribution is 2.30. The molecule has 0 spiro atoms. The second kappa shape index (κ2) is 9.89. The Hall–Kier alpha value is -1.38. The quantitative estimate of drug-likeness (QED) is 0.265. The summed E-state index contributed by atoms with van der Waals surface area (Å²) in [6.07, 6.45) is -11.5. The van der Waals surface area contributed by atoms with Gasteiger partial charge in [-0.15, -0.1) is 0 Å². The van der Waals surface area contributed by atoms with E-state index in [1.165, 1.54) is 14.0 Å². The molecule has 2 aliphatic heterocycles. The standard InChI is InChI=1S/C16H27NO11/c1-6-9(17-7(2)20)13(10(21)8(4-18)26-6)27-15-12(23)11(22)14(24-3)16(28-15)25-5-19/h5-6,8-16,18,21-23H,4H2,1-3H3,(H,17,20)/t6-,8?,9?,10+,11?,12-,13?,14-,15+,16?/m0/s1. The van der Waals surface area contributed by atoms with Crippen molar-refractivity contribution in [3.63, 3.8) is 0 Å². The van der Waals surface area contributed by atoms with E-state index in [1.807, 2.05) is 0 Å². The fraction of sp³-hybridized carbons (Fsp3) is 0.875. The molecule has 0 bridgehead atoms. The lowest BCUT2D eigenvalue weighted by atomic mass is 9.92. The third kappa shape index (κ3) is 4.78. The SMILES string of the molecule is CO[C@@H]1C(OC=O)O[C@@H](OC2C(NC(C)=O)[C@H](C)OC(CO)[C@H]2O)[C@@H](O)C1O. The van der Waals surface area contributed by atoms with Crippen LogP contribution in [0.25, 0.3) is 0 Å². The Kier molecular flexibility index (Phi) is 8.09. The summed E-state index contributed by atoms with van der Waals surface area (Å²) < 4.78 is 26.3. The van der Waals surface area contributed by atoms with Crippen molar-refractivity contribution in [2.45, 2.75) is 75.2 Å². The van der Waals surface area contributed by atoms with Crippen LogP contribution in [0.5, 0.6) is 0 Å². The molecule has 0 saturated carbocycles. The number of hydrogen-bond donors (Lipinski definition) is 5. The van der Waals surface area contributed by atoms with Gasteiger partial charge in [0.25, 0.3) is 6.47 Å². The van der Waals surface area contributed by atoms with Crippen LogP contribution >= 0.6 is 0 Å². The van der Waals surface area contributed by atoms with Gasteiger partial charge in [-0.2, -0.15) is 0 Å². The molecule has 0 aliphatic carbocycles. The van der Waals surface area contributed by atoms with Gasteiger partial charge in [-0.1, -0.05) is 0 Å². The number of carbonyl (C=O) groups is 2. The summed E-state index contributed by atoms with van der Waals surface area (Å²) >= 11 is 0. The zero-order valence-corrected chi connectivity index (χ0v) is 15.7. The molecule has 2 fully saturated rings. The molecule has 2 heterocycles. The first kappa shape index (κ1) is 22.9. The Morgan fingerprint density at radius 1 is 1.11 bits per heavy atom. The summed E-state index contributed by atoms with van der Waals surface area (Å²) in [5, 5.41) is 43.1. The second-order valence-corrected chi connectivity index (χ2v) is 6.67. The van der Waals surface area contributed by atoms with Crippen LogP contribution in [0.15, 0.2) is 0 Å². The Morgan fingerprint density at radius 2 is 1.79 bits per heavy atom. The lowest BCUT2D eigenvalue weighted by molar-refractivity contribution is -0.362. The number of amides is 1. The van der Waals surface area contributed by atoms with Crippen LogP contribution in [0, 0.1) is 0 Å². The van der Waals surface area contributed by atoms with Gasteiger partial charge in [-0.05, 0) is 6.92 Å². The molecule has 12 heteroatoms. The Labute approximate surface area is 161 Å². The van der Waals surface area contributed by atoms with Crippen molar-refractivity contribution in [1.82, 2.24) is 5.32 Å². The number of ether oxygens (including phenoxy) is 5. The van der Waals surface area contributed by atoms with Crippen LogP contribution in [0.4, 0.5) is 0 Å². The molecule has 28 heavy (non-hydrogen) atoms. The average molecular weight is 409 g/mol. The third-order valence-corrected chi connectivity index (χ3v) is 4.77. The zero-order valence-electron chi connectivity index (χ0n) is 15.7. The minimum atomic E-state index is -1.62. The van der Waals surface area contributed by atoms with Crippen molar-refractivity contribution in [3.8, 4) is 0 Å². The largest absolute Gasteiger partial charge is 0.435 e. The van der Waals surface area contributed by atoms with Crippen molar-refractivity contribution in [1.29, 1.82) is 0 Å². The summed E-state index contributed by atoms with van der Waals surface area (Å²) in [7, 11) is 1.23. The van der Waals surface area contributed by atoms with Gasteiger partial charge < -0.3 is 49.4 Å². The summed E-state index contributed by atoms with van der Waals surface area (Å²) in [5.41, 5.74) is 0. The van der Waals surface area contributed by atoms with Gasteiger partial charge in [-0.25, -0.2) is 0 Å². The highest BCUT2D eigenvalue weighted by atomic mass is 16.8. The molecular formula is C16H27NO11. The van der Waals surface area contributed by atoms with E-state index in [-0.39, 0.29) is 6.47 Å². The molecule has 2 rings (SSSR count). The molecule has 2 saturated heterocycles. The minimum absolute atomic E-state index is 0.0887. The zero-order chi connectivity index (χ0) is 21.0. The first-order chi connectivity index (χ1) is 13.2. The third-order valence-electron chi connectivity index (χ3n) is 4.77. The highest BCUT2D eigenvalue weighted by Gasteiger charge is 2.51. The average Bonchev–Trinajstić information content (AvgIpc) is 2.64. The Morgan fingerprint density at radius 3 is 2.32 bits per heavy atom. The van der Waals surface area contributed by atoms with Crippen molar-refractivity contribution < 1.29 is 53.7 Å². The Balaban J connectivity index is 2.24. The fourth-order valence-electron chi connectivity index (χ4n) is 3.37. The molecule has 5 unspecified atom stereocenters. The second-order valence-electron chi connectivity index (χ2n) is 6.67. The van der Waals surface area contributed by atoms with Crippen LogP contribution in [0.3, 0.4) is 0 Å². The van der Waals surface area contributed by atoms with Gasteiger partial charge in [0.1, 0.15) is 36.6 Å². The molecule has 1 amide bonds. The van der Waals surface area contributed by atoms with Gasteiger partial charge in [0.2, 0.25) is 12.2 Å². The molecule has 0 aromatic heterocycles. The summed E-state index contributed by atoms with van der Waals surface area (Å²) in [5.74, 6) is -0.421. The maximum atomic E-state index is 11.5. The van der Waals surface area contributed by atoms with Crippen molar-refractivity contribution in [3.05, 3.63) is 0 Å². The maximum absolute atomic E-state index is 11.5. The number of aliphatic hydroxyl groups excluding tert-OH is 4. The number of rotatable bonds is 7. The molecule has 5 N–H and O–H groups in total. The molecule has 0 aromatic rings. The van der Waals surface area contributed by atoms with Crippen LogP contribution in [-0.2, 0) is 33.3 Å². The van der Waals surface area contributed by atoms with Crippen molar-refractivity contribution in [2.24, 2.45) is 0 Å². The number of hydrogen-bond acceptors (Lipinski definition) is 11. The van der Waals surface area contributed by atoms with E-state index in [0.717, 1.165) is 0 Å². The topological polar surface area (TPSA) is 173 Å². The molecule has 0 aromatic carbocycles. The molecular weight excluding hydrogens is 382 g/mol. The van der Waals surface area contributed by atoms with Gasteiger partial charge in [0, 0.05) is 14.0 Å². The van der Waals surface area contributed by atoms with E-state index in [1.54, 1.807) is 6.92 Å². The molecule has 10 atom stereocenters. The number of nitrogens with one attached hydrogen (secondary N) is 1. The first-order valence-corrected chi connectivity index (χ1v) is 8.75. The Bertz CT molecular complexity index is 535. The molecule has 2 aliphatic rings. The molecule has 162 valence electrons. The van der Waals surface area contributed by atoms with E-state index in [9.17, 15) is 30.0 Å². The number of methoxy groups -OCH3 is 1. The van der Waals surface area contributed by atoms with E-state index in [4.69, 9.17) is 23.7 Å². The lowest BCUT2D eigenvalue weighted by Crippen LogP contribution is -2.67. The van der Waals surface area contributed by atoms with Crippen LogP contribution in [0.1, 0.15) is 13.8 Å². The smallest absolute Gasteiger partial charge is 0.295 e. The van der Waals surface area contributed by atoms with Crippen LogP contribution in [-0.4, -0.2) is 108 Å².